The number of allylic oxidation sites excluding steroid dienone is 2. The largest absolute Gasteiger partial charge is 0.472 e. The fourth-order valence-electron chi connectivity index (χ4n) is 3.73. The Morgan fingerprint density at radius 1 is 0.824 bits per heavy atom. The van der Waals surface area contributed by atoms with Crippen LogP contribution in [0.25, 0.3) is 0 Å². The number of phosphoric acid groups is 1. The molecule has 0 fully saturated rings. The van der Waals surface area contributed by atoms with Crippen molar-refractivity contribution in [2.75, 3.05) is 13.2 Å². The monoisotopic (exact) mass is 503 g/mol. The van der Waals surface area contributed by atoms with Crippen LogP contribution in [0.15, 0.2) is 12.2 Å². The molecule has 0 aromatic rings. The molecule has 1 atom stereocenters. The maximum Gasteiger partial charge on any atom is 0.472 e. The van der Waals surface area contributed by atoms with Crippen LogP contribution < -0.4 is 5.32 Å². The van der Waals surface area contributed by atoms with E-state index in [1.165, 1.54) is 70.6 Å². The molecule has 202 valence electrons. The van der Waals surface area contributed by atoms with Gasteiger partial charge in [-0.15, -0.1) is 0 Å². The van der Waals surface area contributed by atoms with Gasteiger partial charge in [0.05, 0.1) is 12.7 Å². The van der Waals surface area contributed by atoms with Crippen LogP contribution in [0.5, 0.6) is 0 Å². The lowest BCUT2D eigenvalue weighted by atomic mass is 10.1. The lowest BCUT2D eigenvalue weighted by molar-refractivity contribution is -0.121. The van der Waals surface area contributed by atoms with E-state index >= 15 is 0 Å². The fourth-order valence-corrected chi connectivity index (χ4v) is 4.68. The number of carbonyl (C=O) groups is 1. The molecule has 2 N–H and O–H groups in total. The number of carbonyl (C=O) groups excluding carboxylic acids is 1. The van der Waals surface area contributed by atoms with Crippen LogP contribution in [0.2, 0.25) is 0 Å². The molecular weight excluding hydrogens is 449 g/mol. The third-order valence-corrected chi connectivity index (χ3v) is 6.85. The van der Waals surface area contributed by atoms with Gasteiger partial charge in [0.15, 0.2) is 0 Å². The van der Waals surface area contributed by atoms with Crippen LogP contribution in [-0.4, -0.2) is 30.1 Å². The summed E-state index contributed by atoms with van der Waals surface area (Å²) in [6, 6.07) is 0. The summed E-state index contributed by atoms with van der Waals surface area (Å²) in [5.74, 6) is 0.146. The van der Waals surface area contributed by atoms with E-state index in [0.29, 0.717) is 19.4 Å². The topological polar surface area (TPSA) is 84.9 Å². The molecule has 0 aromatic heterocycles. The van der Waals surface area contributed by atoms with Gasteiger partial charge >= 0.3 is 7.82 Å². The second-order valence-electron chi connectivity index (χ2n) is 9.55. The van der Waals surface area contributed by atoms with Crippen molar-refractivity contribution < 1.29 is 23.3 Å². The summed E-state index contributed by atoms with van der Waals surface area (Å²) in [5, 5.41) is 2.99. The first-order valence-corrected chi connectivity index (χ1v) is 15.4. The van der Waals surface area contributed by atoms with Gasteiger partial charge in [-0.2, -0.15) is 0 Å². The van der Waals surface area contributed by atoms with E-state index in [1.807, 2.05) is 0 Å². The molecule has 0 radical (unpaired) electrons. The maximum absolute atomic E-state index is 11.9. The Bertz CT molecular complexity index is 539. The Morgan fingerprint density at radius 2 is 1.35 bits per heavy atom. The van der Waals surface area contributed by atoms with E-state index in [9.17, 15) is 14.3 Å². The molecule has 0 heterocycles. The molecule has 34 heavy (non-hydrogen) atoms. The lowest BCUT2D eigenvalue weighted by Gasteiger charge is -2.14. The van der Waals surface area contributed by atoms with E-state index < -0.39 is 7.82 Å². The van der Waals surface area contributed by atoms with E-state index in [1.54, 1.807) is 13.8 Å². The second-order valence-corrected chi connectivity index (χ2v) is 11.0. The highest BCUT2D eigenvalue weighted by Gasteiger charge is 2.21. The number of phosphoric ester groups is 1. The second kappa shape index (κ2) is 24.0. The number of hydrogen-bond acceptors (Lipinski definition) is 4. The molecule has 0 aliphatic rings. The van der Waals surface area contributed by atoms with Gasteiger partial charge in [-0.05, 0) is 58.8 Å². The number of amides is 1. The standard InChI is InChI=1S/C27H54NO5P/c1-4-5-6-7-8-9-10-11-12-13-14-15-16-17-20-23-27(29)28-24-21-18-19-22-25-32-34(30,31)33-26(2)3/h11-12,26H,4-10,13-25H2,1-3H3,(H,28,29)(H,30,31)/b12-11-. The van der Waals surface area contributed by atoms with Gasteiger partial charge < -0.3 is 10.2 Å². The molecule has 0 saturated carbocycles. The van der Waals surface area contributed by atoms with Gasteiger partial charge in [-0.25, -0.2) is 4.57 Å². The molecule has 7 heteroatoms. The van der Waals surface area contributed by atoms with Crippen molar-refractivity contribution >= 4 is 13.7 Å². The molecule has 0 spiro atoms. The van der Waals surface area contributed by atoms with Crippen molar-refractivity contribution in [3.05, 3.63) is 12.2 Å². The van der Waals surface area contributed by atoms with E-state index in [0.717, 1.165) is 32.1 Å². The van der Waals surface area contributed by atoms with Crippen molar-refractivity contribution in [3.8, 4) is 0 Å². The maximum atomic E-state index is 11.9. The van der Waals surface area contributed by atoms with Gasteiger partial charge in [-0.1, -0.05) is 83.3 Å². The summed E-state index contributed by atoms with van der Waals surface area (Å²) in [5.41, 5.74) is 0. The highest BCUT2D eigenvalue weighted by atomic mass is 31.2. The van der Waals surface area contributed by atoms with Gasteiger partial charge in [0, 0.05) is 13.0 Å². The molecule has 0 bridgehead atoms. The predicted molar refractivity (Wildman–Crippen MR) is 143 cm³/mol. The molecule has 0 rings (SSSR count). The third kappa shape index (κ3) is 25.9. The summed E-state index contributed by atoms with van der Waals surface area (Å²) in [6.07, 6.45) is 24.9. The minimum atomic E-state index is -3.91. The number of nitrogens with one attached hydrogen (secondary N) is 1. The minimum absolute atomic E-state index is 0.146. The average Bonchev–Trinajstić information content (AvgIpc) is 2.77. The minimum Gasteiger partial charge on any atom is -0.356 e. The number of rotatable bonds is 25. The zero-order valence-corrected chi connectivity index (χ0v) is 23.3. The Hall–Kier alpha value is -0.680. The van der Waals surface area contributed by atoms with Crippen molar-refractivity contribution in [2.45, 2.75) is 142 Å². The van der Waals surface area contributed by atoms with Crippen LogP contribution in [0.3, 0.4) is 0 Å². The SMILES string of the molecule is CCCCCCCC/C=C\CCCCCCCC(=O)NCCCCCCOP(=O)(O)OC(C)C. The van der Waals surface area contributed by atoms with Gasteiger partial charge in [-0.3, -0.25) is 13.8 Å². The smallest absolute Gasteiger partial charge is 0.356 e. The molecule has 6 nitrogen and oxygen atoms in total. The summed E-state index contributed by atoms with van der Waals surface area (Å²) >= 11 is 0. The Kier molecular flexibility index (Phi) is 23.6. The average molecular weight is 504 g/mol. The highest BCUT2D eigenvalue weighted by Crippen LogP contribution is 2.44. The zero-order chi connectivity index (χ0) is 25.3. The molecular formula is C27H54NO5P. The molecule has 0 saturated heterocycles. The van der Waals surface area contributed by atoms with E-state index in [2.05, 4.69) is 24.4 Å². The van der Waals surface area contributed by atoms with Crippen LogP contribution in [0, 0.1) is 0 Å². The van der Waals surface area contributed by atoms with Crippen molar-refractivity contribution in [3.63, 3.8) is 0 Å². The van der Waals surface area contributed by atoms with E-state index in [-0.39, 0.29) is 18.6 Å². The molecule has 1 unspecified atom stereocenters. The van der Waals surface area contributed by atoms with Gasteiger partial charge in [0.2, 0.25) is 5.91 Å². The van der Waals surface area contributed by atoms with Gasteiger partial charge in [0.1, 0.15) is 0 Å². The van der Waals surface area contributed by atoms with Crippen LogP contribution >= 0.6 is 7.82 Å². The summed E-state index contributed by atoms with van der Waals surface area (Å²) in [6.45, 7) is 6.55. The Morgan fingerprint density at radius 3 is 1.97 bits per heavy atom. The molecule has 1 amide bonds. The quantitative estimate of drug-likeness (QED) is 0.0744. The fraction of sp³-hybridized carbons (Fsp3) is 0.889. The van der Waals surface area contributed by atoms with Crippen molar-refractivity contribution in [2.24, 2.45) is 0 Å². The normalized spacial score (nSPS) is 13.6. The first-order valence-electron chi connectivity index (χ1n) is 13.9. The molecule has 0 aliphatic carbocycles. The number of unbranched alkanes of at least 4 members (excludes halogenated alkanes) is 14. The molecule has 0 aromatic carbocycles. The summed E-state index contributed by atoms with van der Waals surface area (Å²) in [7, 11) is -3.91. The van der Waals surface area contributed by atoms with E-state index in [4.69, 9.17) is 9.05 Å². The first kappa shape index (κ1) is 33.3. The number of hydrogen-bond donors (Lipinski definition) is 2. The Balaban J connectivity index is 3.34. The van der Waals surface area contributed by atoms with Crippen LogP contribution in [0.4, 0.5) is 0 Å². The van der Waals surface area contributed by atoms with Crippen molar-refractivity contribution in [1.29, 1.82) is 0 Å². The zero-order valence-electron chi connectivity index (χ0n) is 22.4. The first-order chi connectivity index (χ1) is 16.4. The highest BCUT2D eigenvalue weighted by molar-refractivity contribution is 7.47. The predicted octanol–water partition coefficient (Wildman–Crippen LogP) is 8.24. The lowest BCUT2D eigenvalue weighted by Crippen LogP contribution is -2.23. The van der Waals surface area contributed by atoms with Crippen molar-refractivity contribution in [1.82, 2.24) is 5.32 Å². The van der Waals surface area contributed by atoms with Crippen LogP contribution in [-0.2, 0) is 18.4 Å². The summed E-state index contributed by atoms with van der Waals surface area (Å²) < 4.78 is 21.3. The Labute approximate surface area is 210 Å². The van der Waals surface area contributed by atoms with Gasteiger partial charge in [0.25, 0.3) is 0 Å². The molecule has 0 aliphatic heterocycles. The third-order valence-electron chi connectivity index (χ3n) is 5.66. The summed E-state index contributed by atoms with van der Waals surface area (Å²) in [4.78, 5) is 21.4. The van der Waals surface area contributed by atoms with Crippen LogP contribution in [0.1, 0.15) is 136 Å².